The second-order valence-electron chi connectivity index (χ2n) is 7.84. The third-order valence-electron chi connectivity index (χ3n) is 5.69. The summed E-state index contributed by atoms with van der Waals surface area (Å²) in [6.07, 6.45) is 5.22. The molecular weight excluding hydrogens is 342 g/mol. The monoisotopic (exact) mass is 371 g/mol. The van der Waals surface area contributed by atoms with E-state index in [1.807, 2.05) is 6.92 Å². The van der Waals surface area contributed by atoms with Crippen LogP contribution < -0.4 is 16.0 Å². The summed E-state index contributed by atoms with van der Waals surface area (Å²) in [7, 11) is 0. The van der Waals surface area contributed by atoms with Gasteiger partial charge in [0.25, 0.3) is 5.91 Å². The first-order chi connectivity index (χ1) is 12.9. The normalized spacial score (nSPS) is 23.2. The molecule has 3 N–H and O–H groups in total. The molecule has 2 atom stereocenters. The summed E-state index contributed by atoms with van der Waals surface area (Å²) in [5, 5.41) is 8.74. The van der Waals surface area contributed by atoms with E-state index in [2.05, 4.69) is 22.9 Å². The number of hydrogen-bond acceptors (Lipinski definition) is 3. The highest BCUT2D eigenvalue weighted by atomic mass is 16.2. The highest BCUT2D eigenvalue weighted by Crippen LogP contribution is 2.38. The van der Waals surface area contributed by atoms with Crippen molar-refractivity contribution in [3.63, 3.8) is 0 Å². The van der Waals surface area contributed by atoms with E-state index in [1.165, 1.54) is 0 Å². The third kappa shape index (κ3) is 4.49. The second kappa shape index (κ2) is 8.11. The lowest BCUT2D eigenvalue weighted by atomic mass is 9.80. The molecule has 0 aromatic heterocycles. The quantitative estimate of drug-likeness (QED) is 0.718. The number of benzene rings is 1. The molecule has 0 bridgehead atoms. The van der Waals surface area contributed by atoms with Gasteiger partial charge in [-0.3, -0.25) is 14.4 Å². The van der Waals surface area contributed by atoms with Crippen LogP contribution in [0.2, 0.25) is 0 Å². The van der Waals surface area contributed by atoms with Gasteiger partial charge in [0, 0.05) is 23.7 Å². The van der Waals surface area contributed by atoms with Gasteiger partial charge >= 0.3 is 0 Å². The lowest BCUT2D eigenvalue weighted by Crippen LogP contribution is -2.59. The van der Waals surface area contributed by atoms with Gasteiger partial charge in [0.15, 0.2) is 0 Å². The molecule has 0 aliphatic heterocycles. The van der Waals surface area contributed by atoms with Gasteiger partial charge in [0.05, 0.1) is 0 Å². The number of amides is 3. The molecule has 1 aromatic carbocycles. The zero-order valence-electron chi connectivity index (χ0n) is 16.1. The van der Waals surface area contributed by atoms with Crippen LogP contribution in [0.4, 0.5) is 5.69 Å². The lowest BCUT2D eigenvalue weighted by molar-refractivity contribution is -0.128. The van der Waals surface area contributed by atoms with E-state index in [1.54, 1.807) is 24.3 Å². The Morgan fingerprint density at radius 1 is 1.07 bits per heavy atom. The number of carbonyl (C=O) groups is 3. The molecule has 0 heterocycles. The molecular formula is C21H29N3O3. The summed E-state index contributed by atoms with van der Waals surface area (Å²) in [5.41, 5.74) is 0.356. The average Bonchev–Trinajstić information content (AvgIpc) is 3.40. The van der Waals surface area contributed by atoms with Crippen LogP contribution in [-0.2, 0) is 9.59 Å². The first-order valence-electron chi connectivity index (χ1n) is 9.97. The van der Waals surface area contributed by atoms with Crippen molar-refractivity contribution in [2.45, 2.75) is 57.9 Å². The molecule has 0 unspecified atom stereocenters. The Kier molecular flexibility index (Phi) is 5.82. The Balaban J connectivity index is 1.65. The highest BCUT2D eigenvalue weighted by Gasteiger charge is 2.41. The van der Waals surface area contributed by atoms with E-state index in [0.717, 1.165) is 25.7 Å². The van der Waals surface area contributed by atoms with Gasteiger partial charge in [-0.25, -0.2) is 0 Å². The van der Waals surface area contributed by atoms with E-state index >= 15 is 0 Å². The summed E-state index contributed by atoms with van der Waals surface area (Å²) in [6, 6.07) is 6.85. The second-order valence-corrected chi connectivity index (χ2v) is 7.84. The predicted octanol–water partition coefficient (Wildman–Crippen LogP) is 2.85. The Hall–Kier alpha value is -2.37. The van der Waals surface area contributed by atoms with Gasteiger partial charge in [-0.2, -0.15) is 0 Å². The molecule has 2 aliphatic carbocycles. The van der Waals surface area contributed by atoms with E-state index in [9.17, 15) is 14.4 Å². The van der Waals surface area contributed by atoms with Crippen molar-refractivity contribution in [3.05, 3.63) is 29.8 Å². The van der Waals surface area contributed by atoms with Crippen LogP contribution in [0.1, 0.15) is 62.7 Å². The standard InChI is InChI=1S/C21H29N3O3/c1-3-22-20(27)21(11-5-4-6-12-21)24-18(25)15-7-9-16(10-8-15)23-19(26)17-13-14(17)2/h7-10,14,17H,3-6,11-13H2,1-2H3,(H,22,27)(H,23,26)(H,24,25)/t14-,17-/m1/s1. The minimum Gasteiger partial charge on any atom is -0.354 e. The van der Waals surface area contributed by atoms with Gasteiger partial charge in [-0.1, -0.05) is 26.2 Å². The maximum atomic E-state index is 12.7. The molecule has 27 heavy (non-hydrogen) atoms. The van der Waals surface area contributed by atoms with E-state index < -0.39 is 5.54 Å². The lowest BCUT2D eigenvalue weighted by Gasteiger charge is -2.36. The minimum absolute atomic E-state index is 0.0390. The summed E-state index contributed by atoms with van der Waals surface area (Å²) >= 11 is 0. The van der Waals surface area contributed by atoms with Gasteiger partial charge in [-0.05, 0) is 56.4 Å². The van der Waals surface area contributed by atoms with Crippen LogP contribution in [0, 0.1) is 11.8 Å². The third-order valence-corrected chi connectivity index (χ3v) is 5.69. The van der Waals surface area contributed by atoms with Gasteiger partial charge in [0.1, 0.15) is 5.54 Å². The van der Waals surface area contributed by atoms with Crippen LogP contribution in [0.15, 0.2) is 24.3 Å². The first kappa shape index (κ1) is 19.4. The first-order valence-corrected chi connectivity index (χ1v) is 9.97. The SMILES string of the molecule is CCNC(=O)C1(NC(=O)c2ccc(NC(=O)[C@@H]3C[C@H]3C)cc2)CCCCC1. The van der Waals surface area contributed by atoms with Gasteiger partial charge in [0.2, 0.25) is 11.8 Å². The fourth-order valence-electron chi connectivity index (χ4n) is 3.81. The maximum Gasteiger partial charge on any atom is 0.252 e. The topological polar surface area (TPSA) is 87.3 Å². The van der Waals surface area contributed by atoms with Crippen LogP contribution >= 0.6 is 0 Å². The van der Waals surface area contributed by atoms with Crippen LogP contribution in [-0.4, -0.2) is 29.8 Å². The number of rotatable bonds is 6. The molecule has 0 saturated heterocycles. The Labute approximate surface area is 160 Å². The van der Waals surface area contributed by atoms with Gasteiger partial charge < -0.3 is 16.0 Å². The molecule has 6 heteroatoms. The van der Waals surface area contributed by atoms with Crippen molar-refractivity contribution >= 4 is 23.4 Å². The number of hydrogen-bond donors (Lipinski definition) is 3. The smallest absolute Gasteiger partial charge is 0.252 e. The number of carbonyl (C=O) groups excluding carboxylic acids is 3. The fraction of sp³-hybridized carbons (Fsp3) is 0.571. The fourth-order valence-corrected chi connectivity index (χ4v) is 3.81. The molecule has 1 aromatic rings. The van der Waals surface area contributed by atoms with Crippen molar-refractivity contribution in [3.8, 4) is 0 Å². The molecule has 2 aliphatic rings. The largest absolute Gasteiger partial charge is 0.354 e. The average molecular weight is 371 g/mol. The molecule has 146 valence electrons. The Bertz CT molecular complexity index is 708. The summed E-state index contributed by atoms with van der Waals surface area (Å²) in [5.74, 6) is 0.252. The van der Waals surface area contributed by atoms with Crippen molar-refractivity contribution in [1.82, 2.24) is 10.6 Å². The predicted molar refractivity (Wildman–Crippen MR) is 104 cm³/mol. The summed E-state index contributed by atoms with van der Waals surface area (Å²) < 4.78 is 0. The number of likely N-dealkylation sites (N-methyl/N-ethyl adjacent to an activating group) is 1. The van der Waals surface area contributed by atoms with Crippen molar-refractivity contribution in [1.29, 1.82) is 0 Å². The van der Waals surface area contributed by atoms with Crippen LogP contribution in [0.25, 0.3) is 0 Å². The van der Waals surface area contributed by atoms with E-state index in [0.29, 0.717) is 36.6 Å². The molecule has 0 radical (unpaired) electrons. The molecule has 2 fully saturated rings. The van der Waals surface area contributed by atoms with Crippen LogP contribution in [0.5, 0.6) is 0 Å². The Morgan fingerprint density at radius 2 is 1.70 bits per heavy atom. The van der Waals surface area contributed by atoms with Crippen LogP contribution in [0.3, 0.4) is 0 Å². The zero-order chi connectivity index (χ0) is 19.4. The number of nitrogens with one attached hydrogen (secondary N) is 3. The molecule has 2 saturated carbocycles. The summed E-state index contributed by atoms with van der Waals surface area (Å²) in [4.78, 5) is 37.3. The number of anilines is 1. The zero-order valence-corrected chi connectivity index (χ0v) is 16.1. The van der Waals surface area contributed by atoms with E-state index in [-0.39, 0.29) is 23.6 Å². The minimum atomic E-state index is -0.819. The molecule has 3 rings (SSSR count). The van der Waals surface area contributed by atoms with Crippen molar-refractivity contribution < 1.29 is 14.4 Å². The molecule has 3 amide bonds. The Morgan fingerprint density at radius 3 is 2.26 bits per heavy atom. The van der Waals surface area contributed by atoms with Crippen molar-refractivity contribution in [2.24, 2.45) is 11.8 Å². The van der Waals surface area contributed by atoms with E-state index in [4.69, 9.17) is 0 Å². The molecule has 6 nitrogen and oxygen atoms in total. The summed E-state index contributed by atoms with van der Waals surface area (Å²) in [6.45, 7) is 4.49. The highest BCUT2D eigenvalue weighted by molar-refractivity contribution is 6.00. The molecule has 0 spiro atoms. The van der Waals surface area contributed by atoms with Crippen molar-refractivity contribution in [2.75, 3.05) is 11.9 Å². The maximum absolute atomic E-state index is 12.7. The van der Waals surface area contributed by atoms with Gasteiger partial charge in [-0.15, -0.1) is 0 Å².